The van der Waals surface area contributed by atoms with Crippen molar-refractivity contribution in [3.8, 4) is 5.75 Å². The van der Waals surface area contributed by atoms with E-state index < -0.39 is 24.5 Å². The molecule has 1 aromatic carbocycles. The van der Waals surface area contributed by atoms with Gasteiger partial charge in [-0.2, -0.15) is 0 Å². The van der Waals surface area contributed by atoms with E-state index in [1.54, 1.807) is 45.2 Å². The monoisotopic (exact) mass is 426 g/mol. The summed E-state index contributed by atoms with van der Waals surface area (Å²) in [5, 5.41) is 2.63. The van der Waals surface area contributed by atoms with E-state index >= 15 is 0 Å². The Hall–Kier alpha value is -3.16. The summed E-state index contributed by atoms with van der Waals surface area (Å²) in [5.41, 5.74) is 0.531. The number of imide groups is 1. The molecule has 2 aliphatic carbocycles. The van der Waals surface area contributed by atoms with Crippen molar-refractivity contribution in [2.24, 2.45) is 29.6 Å². The van der Waals surface area contributed by atoms with Gasteiger partial charge in [-0.1, -0.05) is 26.0 Å². The molecule has 8 heteroatoms. The third-order valence-corrected chi connectivity index (χ3v) is 6.37. The van der Waals surface area contributed by atoms with Crippen LogP contribution in [-0.4, -0.2) is 48.3 Å². The number of nitrogens with one attached hydrogen (secondary N) is 1. The molecule has 1 heterocycles. The van der Waals surface area contributed by atoms with Crippen LogP contribution in [0.1, 0.15) is 20.3 Å². The first-order valence-corrected chi connectivity index (χ1v) is 10.5. The van der Waals surface area contributed by atoms with Crippen LogP contribution >= 0.6 is 0 Å². The molecule has 3 aliphatic rings. The minimum Gasteiger partial charge on any atom is -0.497 e. The number of fused-ring (bicyclic) bond motifs is 5. The minimum absolute atomic E-state index is 0.0653. The van der Waals surface area contributed by atoms with Crippen molar-refractivity contribution >= 4 is 29.4 Å². The maximum absolute atomic E-state index is 13.0. The highest BCUT2D eigenvalue weighted by atomic mass is 16.5. The van der Waals surface area contributed by atoms with Crippen LogP contribution in [0.2, 0.25) is 0 Å². The molecule has 3 amide bonds. The molecule has 1 N–H and O–H groups in total. The number of methoxy groups -OCH3 is 1. The van der Waals surface area contributed by atoms with Gasteiger partial charge in [0, 0.05) is 5.69 Å². The Morgan fingerprint density at radius 2 is 1.65 bits per heavy atom. The van der Waals surface area contributed by atoms with Gasteiger partial charge in [-0.25, -0.2) is 4.79 Å². The first kappa shape index (κ1) is 21.1. The van der Waals surface area contributed by atoms with E-state index in [1.165, 1.54) is 0 Å². The van der Waals surface area contributed by atoms with Crippen molar-refractivity contribution in [1.82, 2.24) is 4.90 Å². The average Bonchev–Trinajstić information content (AvgIpc) is 3.42. The molecule has 0 unspecified atom stereocenters. The number of nitrogens with zero attached hydrogens (tertiary/aromatic N) is 1. The van der Waals surface area contributed by atoms with Crippen LogP contribution in [0.15, 0.2) is 36.4 Å². The Bertz CT molecular complexity index is 908. The van der Waals surface area contributed by atoms with Crippen molar-refractivity contribution in [1.29, 1.82) is 0 Å². The second-order valence-electron chi connectivity index (χ2n) is 8.62. The van der Waals surface area contributed by atoms with Gasteiger partial charge < -0.3 is 14.8 Å². The lowest BCUT2D eigenvalue weighted by Crippen LogP contribution is -2.50. The van der Waals surface area contributed by atoms with E-state index in [2.05, 4.69) is 5.32 Å². The quantitative estimate of drug-likeness (QED) is 0.407. The SMILES string of the molecule is COc1ccc(NC(=O)COC(=O)[C@H](C(C)C)N2C(=O)[C@@H]3[C@H](C2=O)[C@H]2C=C[C@H]3C2)cc1. The summed E-state index contributed by atoms with van der Waals surface area (Å²) in [6, 6.07) is 5.68. The van der Waals surface area contributed by atoms with Crippen molar-refractivity contribution in [2.75, 3.05) is 19.0 Å². The van der Waals surface area contributed by atoms with Crippen molar-refractivity contribution in [3.05, 3.63) is 36.4 Å². The number of allylic oxidation sites excluding steroid dienone is 2. The van der Waals surface area contributed by atoms with Gasteiger partial charge in [0.15, 0.2) is 6.61 Å². The molecule has 31 heavy (non-hydrogen) atoms. The van der Waals surface area contributed by atoms with Crippen LogP contribution in [-0.2, 0) is 23.9 Å². The van der Waals surface area contributed by atoms with Crippen LogP contribution in [0.5, 0.6) is 5.75 Å². The number of hydrogen-bond donors (Lipinski definition) is 1. The molecule has 1 saturated carbocycles. The summed E-state index contributed by atoms with van der Waals surface area (Å²) in [6.45, 7) is 3.00. The topological polar surface area (TPSA) is 102 Å². The Morgan fingerprint density at radius 1 is 1.06 bits per heavy atom. The molecule has 0 radical (unpaired) electrons. The van der Waals surface area contributed by atoms with Crippen LogP contribution in [0, 0.1) is 29.6 Å². The van der Waals surface area contributed by atoms with Gasteiger partial charge in [0.1, 0.15) is 11.8 Å². The fraction of sp³-hybridized carbons (Fsp3) is 0.478. The maximum Gasteiger partial charge on any atom is 0.330 e. The number of carbonyl (C=O) groups is 4. The number of likely N-dealkylation sites (tertiary alicyclic amines) is 1. The molecule has 2 fully saturated rings. The molecule has 5 atom stereocenters. The smallest absolute Gasteiger partial charge is 0.330 e. The molecular weight excluding hydrogens is 400 g/mol. The Morgan fingerprint density at radius 3 is 2.16 bits per heavy atom. The maximum atomic E-state index is 13.0. The molecule has 1 aromatic rings. The highest BCUT2D eigenvalue weighted by Crippen LogP contribution is 2.53. The highest BCUT2D eigenvalue weighted by Gasteiger charge is 2.61. The molecular formula is C23H26N2O6. The molecule has 1 saturated heterocycles. The van der Waals surface area contributed by atoms with Gasteiger partial charge in [0.05, 0.1) is 18.9 Å². The van der Waals surface area contributed by atoms with E-state index in [-0.39, 0.29) is 41.4 Å². The van der Waals surface area contributed by atoms with E-state index in [0.29, 0.717) is 11.4 Å². The van der Waals surface area contributed by atoms with Crippen molar-refractivity contribution < 1.29 is 28.7 Å². The number of hydrogen-bond acceptors (Lipinski definition) is 6. The predicted molar refractivity (Wildman–Crippen MR) is 111 cm³/mol. The van der Waals surface area contributed by atoms with Gasteiger partial charge in [-0.05, 0) is 48.4 Å². The summed E-state index contributed by atoms with van der Waals surface area (Å²) in [6.07, 6.45) is 4.84. The zero-order valence-electron chi connectivity index (χ0n) is 17.7. The number of carbonyl (C=O) groups excluding carboxylic acids is 4. The summed E-state index contributed by atoms with van der Waals surface area (Å²) in [7, 11) is 1.54. The molecule has 0 spiro atoms. The Kier molecular flexibility index (Phi) is 5.56. The highest BCUT2D eigenvalue weighted by molar-refractivity contribution is 6.09. The fourth-order valence-corrected chi connectivity index (χ4v) is 4.97. The zero-order chi connectivity index (χ0) is 22.3. The molecule has 8 nitrogen and oxygen atoms in total. The first-order valence-electron chi connectivity index (χ1n) is 10.5. The number of esters is 1. The number of amides is 3. The Labute approximate surface area is 180 Å². The van der Waals surface area contributed by atoms with Crippen molar-refractivity contribution in [3.63, 3.8) is 0 Å². The van der Waals surface area contributed by atoms with Crippen LogP contribution in [0.3, 0.4) is 0 Å². The van der Waals surface area contributed by atoms with E-state index in [0.717, 1.165) is 11.3 Å². The fourth-order valence-electron chi connectivity index (χ4n) is 4.97. The van der Waals surface area contributed by atoms with Crippen LogP contribution in [0.25, 0.3) is 0 Å². The van der Waals surface area contributed by atoms with Crippen molar-refractivity contribution in [2.45, 2.75) is 26.3 Å². The van der Waals surface area contributed by atoms with Gasteiger partial charge in [0.2, 0.25) is 11.8 Å². The number of benzene rings is 1. The van der Waals surface area contributed by atoms with E-state index in [4.69, 9.17) is 9.47 Å². The molecule has 0 aromatic heterocycles. The van der Waals surface area contributed by atoms with Gasteiger partial charge in [-0.15, -0.1) is 0 Å². The zero-order valence-corrected chi connectivity index (χ0v) is 17.7. The van der Waals surface area contributed by atoms with Crippen LogP contribution in [0.4, 0.5) is 5.69 Å². The molecule has 164 valence electrons. The number of ether oxygens (including phenoxy) is 2. The lowest BCUT2D eigenvalue weighted by atomic mass is 9.85. The molecule has 2 bridgehead atoms. The average molecular weight is 426 g/mol. The van der Waals surface area contributed by atoms with Gasteiger partial charge in [0.25, 0.3) is 5.91 Å². The lowest BCUT2D eigenvalue weighted by Gasteiger charge is -2.28. The summed E-state index contributed by atoms with van der Waals surface area (Å²) < 4.78 is 10.3. The van der Waals surface area contributed by atoms with Gasteiger partial charge in [-0.3, -0.25) is 19.3 Å². The Balaban J connectivity index is 1.39. The largest absolute Gasteiger partial charge is 0.497 e. The molecule has 1 aliphatic heterocycles. The summed E-state index contributed by atoms with van der Waals surface area (Å²) >= 11 is 0. The minimum atomic E-state index is -1.04. The first-order chi connectivity index (χ1) is 14.8. The summed E-state index contributed by atoms with van der Waals surface area (Å²) in [4.78, 5) is 52.2. The van der Waals surface area contributed by atoms with Gasteiger partial charge >= 0.3 is 5.97 Å². The van der Waals surface area contributed by atoms with Crippen LogP contribution < -0.4 is 10.1 Å². The number of rotatable bonds is 7. The lowest BCUT2D eigenvalue weighted by molar-refractivity contribution is -0.162. The van der Waals surface area contributed by atoms with E-state index in [1.807, 2.05) is 12.2 Å². The molecule has 4 rings (SSSR count). The third kappa shape index (κ3) is 3.71. The number of anilines is 1. The second-order valence-corrected chi connectivity index (χ2v) is 8.62. The normalized spacial score (nSPS) is 26.9. The second kappa shape index (κ2) is 8.17. The third-order valence-electron chi connectivity index (χ3n) is 6.37. The van der Waals surface area contributed by atoms with E-state index in [9.17, 15) is 19.2 Å². The summed E-state index contributed by atoms with van der Waals surface area (Å²) in [5.74, 6) is -2.18. The standard InChI is InChI=1S/C23H26N2O6/c1-12(2)20(25-21(27)18-13-4-5-14(10-13)19(18)22(25)28)23(29)31-11-17(26)24-15-6-8-16(30-3)9-7-15/h4-9,12-14,18-20H,10-11H2,1-3H3,(H,24,26)/t13-,14-,18-,19+,20-/m0/s1. The predicted octanol–water partition coefficient (Wildman–Crippen LogP) is 2.01.